The molecule has 3 heterocycles. The largest absolute Gasteiger partial charge is 0.326 e. The van der Waals surface area contributed by atoms with Crippen molar-refractivity contribution < 1.29 is 4.79 Å². The van der Waals surface area contributed by atoms with E-state index in [2.05, 4.69) is 26.5 Å². The second-order valence-electron chi connectivity index (χ2n) is 7.36. The van der Waals surface area contributed by atoms with Gasteiger partial charge in [-0.2, -0.15) is 10.4 Å². The van der Waals surface area contributed by atoms with Crippen LogP contribution in [0.3, 0.4) is 0 Å². The molecule has 0 saturated carbocycles. The van der Waals surface area contributed by atoms with Gasteiger partial charge in [0.2, 0.25) is 11.7 Å². The van der Waals surface area contributed by atoms with E-state index in [1.54, 1.807) is 6.20 Å². The molecule has 0 aliphatic heterocycles. The number of amides is 1. The second kappa shape index (κ2) is 8.79. The molecule has 4 rings (SSSR count). The first kappa shape index (κ1) is 20.3. The third-order valence-corrected chi connectivity index (χ3v) is 5.27. The Bertz CT molecular complexity index is 1230. The van der Waals surface area contributed by atoms with Gasteiger partial charge in [0.25, 0.3) is 0 Å². The van der Waals surface area contributed by atoms with E-state index < -0.39 is 0 Å². The molecule has 0 radical (unpaired) electrons. The molecule has 0 fully saturated rings. The topological polar surface area (TPSA) is 101 Å². The molecule has 4 aromatic rings. The molecule has 0 unspecified atom stereocenters. The number of hydrogen-bond acceptors (Lipinski definition) is 5. The molecule has 8 nitrogen and oxygen atoms in total. The van der Waals surface area contributed by atoms with Crippen LogP contribution in [0.4, 0.5) is 5.69 Å². The molecule has 156 valence electrons. The van der Waals surface area contributed by atoms with Gasteiger partial charge in [0.1, 0.15) is 0 Å². The summed E-state index contributed by atoms with van der Waals surface area (Å²) in [5.41, 5.74) is 5.54. The number of benzene rings is 1. The minimum atomic E-state index is -0.0479. The predicted octanol–water partition coefficient (Wildman–Crippen LogP) is 3.69. The van der Waals surface area contributed by atoms with Gasteiger partial charge >= 0.3 is 0 Å². The number of aryl methyl sites for hydroxylation is 2. The van der Waals surface area contributed by atoms with E-state index in [1.807, 2.05) is 65.7 Å². The lowest BCUT2D eigenvalue weighted by molar-refractivity contribution is -0.116. The maximum Gasteiger partial charge on any atom is 0.234 e. The van der Waals surface area contributed by atoms with Crippen LogP contribution in [-0.2, 0) is 17.8 Å². The fraction of sp³-hybridized carbons (Fsp3) is 0.261. The molecule has 0 atom stereocenters. The van der Waals surface area contributed by atoms with Crippen LogP contribution in [0, 0.1) is 25.2 Å². The first-order valence-corrected chi connectivity index (χ1v) is 10.1. The molecular weight excluding hydrogens is 390 g/mol. The number of carbonyl (C=O) groups is 1. The van der Waals surface area contributed by atoms with Crippen LogP contribution in [0.5, 0.6) is 0 Å². The van der Waals surface area contributed by atoms with Crippen molar-refractivity contribution in [2.75, 3.05) is 5.32 Å². The van der Waals surface area contributed by atoms with Crippen molar-refractivity contribution in [1.82, 2.24) is 24.1 Å². The minimum Gasteiger partial charge on any atom is -0.326 e. The first-order chi connectivity index (χ1) is 15.0. The highest BCUT2D eigenvalue weighted by atomic mass is 16.1. The van der Waals surface area contributed by atoms with Crippen molar-refractivity contribution in [2.45, 2.75) is 39.7 Å². The lowest BCUT2D eigenvalue weighted by Crippen LogP contribution is -2.12. The van der Waals surface area contributed by atoms with E-state index in [4.69, 9.17) is 5.26 Å². The Kier molecular flexibility index (Phi) is 5.76. The fourth-order valence-corrected chi connectivity index (χ4v) is 3.62. The van der Waals surface area contributed by atoms with Crippen molar-refractivity contribution in [3.05, 3.63) is 65.9 Å². The first-order valence-electron chi connectivity index (χ1n) is 10.1. The fourth-order valence-electron chi connectivity index (χ4n) is 3.62. The van der Waals surface area contributed by atoms with Crippen molar-refractivity contribution in [2.24, 2.45) is 0 Å². The summed E-state index contributed by atoms with van der Waals surface area (Å²) < 4.78 is 3.72. The van der Waals surface area contributed by atoms with Crippen LogP contribution >= 0.6 is 0 Å². The molecule has 8 heteroatoms. The summed E-state index contributed by atoms with van der Waals surface area (Å²) in [6.45, 7) is 4.50. The number of fused-ring (bicyclic) bond motifs is 1. The smallest absolute Gasteiger partial charge is 0.234 e. The molecule has 1 amide bonds. The molecule has 0 aliphatic rings. The highest BCUT2D eigenvalue weighted by molar-refractivity contribution is 5.91. The Morgan fingerprint density at radius 3 is 2.77 bits per heavy atom. The van der Waals surface area contributed by atoms with Crippen LogP contribution in [0.25, 0.3) is 17.0 Å². The number of rotatable bonds is 7. The number of nitrogens with zero attached hydrogens (tertiary/aromatic N) is 6. The summed E-state index contributed by atoms with van der Waals surface area (Å²) >= 11 is 0. The van der Waals surface area contributed by atoms with Gasteiger partial charge in [-0.1, -0.05) is 12.1 Å². The Labute approximate surface area is 180 Å². The number of carbonyl (C=O) groups excluding carboxylic acids is 1. The van der Waals surface area contributed by atoms with Gasteiger partial charge in [0, 0.05) is 42.0 Å². The molecule has 1 aromatic carbocycles. The summed E-state index contributed by atoms with van der Waals surface area (Å²) in [7, 11) is 0. The van der Waals surface area contributed by atoms with Gasteiger partial charge in [-0.05, 0) is 44.0 Å². The average Bonchev–Trinajstić information content (AvgIpc) is 3.32. The van der Waals surface area contributed by atoms with E-state index in [9.17, 15) is 4.79 Å². The van der Waals surface area contributed by atoms with E-state index in [1.165, 1.54) is 0 Å². The number of aromatic nitrogens is 5. The zero-order valence-electron chi connectivity index (χ0n) is 17.5. The van der Waals surface area contributed by atoms with Gasteiger partial charge in [0.05, 0.1) is 30.4 Å². The summed E-state index contributed by atoms with van der Waals surface area (Å²) in [5, 5.41) is 16.2. The molecular formula is C23H23N7O. The monoisotopic (exact) mass is 413 g/mol. The third kappa shape index (κ3) is 4.46. The van der Waals surface area contributed by atoms with Crippen LogP contribution in [0.15, 0.2) is 48.9 Å². The van der Waals surface area contributed by atoms with Crippen molar-refractivity contribution >= 4 is 17.4 Å². The molecule has 0 saturated heterocycles. The average molecular weight is 413 g/mol. The zero-order chi connectivity index (χ0) is 21.8. The van der Waals surface area contributed by atoms with E-state index in [0.29, 0.717) is 31.6 Å². The van der Waals surface area contributed by atoms with Gasteiger partial charge in [0.15, 0.2) is 0 Å². The standard InChI is InChI=1S/C23H23N7O/c1-16-20(17(2)30(28-16)14-3-11-24)9-10-22(31)26-19-7-5-18(6-8-19)21-15-29-13-4-12-25-23(29)27-21/h4-8,12-13,15H,3,9-10,14H2,1-2H3,(H,26,31). The Balaban J connectivity index is 1.37. The lowest BCUT2D eigenvalue weighted by Gasteiger charge is -2.07. The lowest BCUT2D eigenvalue weighted by atomic mass is 10.1. The zero-order valence-corrected chi connectivity index (χ0v) is 17.5. The highest BCUT2D eigenvalue weighted by Crippen LogP contribution is 2.21. The summed E-state index contributed by atoms with van der Waals surface area (Å²) in [5.74, 6) is 0.602. The molecule has 31 heavy (non-hydrogen) atoms. The minimum absolute atomic E-state index is 0.0479. The predicted molar refractivity (Wildman–Crippen MR) is 117 cm³/mol. The number of hydrogen-bond donors (Lipinski definition) is 1. The van der Waals surface area contributed by atoms with Crippen molar-refractivity contribution in [3.63, 3.8) is 0 Å². The molecule has 3 aromatic heterocycles. The molecule has 0 spiro atoms. The van der Waals surface area contributed by atoms with Crippen LogP contribution in [0.2, 0.25) is 0 Å². The maximum absolute atomic E-state index is 12.5. The van der Waals surface area contributed by atoms with Gasteiger partial charge < -0.3 is 5.32 Å². The van der Waals surface area contributed by atoms with E-state index in [-0.39, 0.29) is 5.91 Å². The van der Waals surface area contributed by atoms with E-state index in [0.717, 1.165) is 33.9 Å². The highest BCUT2D eigenvalue weighted by Gasteiger charge is 2.13. The van der Waals surface area contributed by atoms with Gasteiger partial charge in [-0.25, -0.2) is 9.97 Å². The van der Waals surface area contributed by atoms with Crippen molar-refractivity contribution in [3.8, 4) is 17.3 Å². The van der Waals surface area contributed by atoms with Crippen molar-refractivity contribution in [1.29, 1.82) is 5.26 Å². The Hall–Kier alpha value is -3.99. The summed E-state index contributed by atoms with van der Waals surface area (Å²) in [6, 6.07) is 11.6. The number of nitriles is 1. The number of nitrogens with one attached hydrogen (secondary N) is 1. The quantitative estimate of drug-likeness (QED) is 0.498. The third-order valence-electron chi connectivity index (χ3n) is 5.27. The SMILES string of the molecule is Cc1nn(CCC#N)c(C)c1CCC(=O)Nc1ccc(-c2cn3cccnc3n2)cc1. The van der Waals surface area contributed by atoms with E-state index >= 15 is 0 Å². The Morgan fingerprint density at radius 1 is 1.23 bits per heavy atom. The van der Waals surface area contributed by atoms with Crippen LogP contribution < -0.4 is 5.32 Å². The molecule has 0 bridgehead atoms. The maximum atomic E-state index is 12.5. The second-order valence-corrected chi connectivity index (χ2v) is 7.36. The summed E-state index contributed by atoms with van der Waals surface area (Å²) in [6.07, 6.45) is 6.95. The summed E-state index contributed by atoms with van der Waals surface area (Å²) in [4.78, 5) is 21.2. The normalized spacial score (nSPS) is 10.9. The van der Waals surface area contributed by atoms with Gasteiger partial charge in [-0.15, -0.1) is 0 Å². The molecule has 1 N–H and O–H groups in total. The number of anilines is 1. The number of imidazole rings is 1. The van der Waals surface area contributed by atoms with Crippen LogP contribution in [0.1, 0.15) is 29.8 Å². The molecule has 0 aliphatic carbocycles. The van der Waals surface area contributed by atoms with Gasteiger partial charge in [-0.3, -0.25) is 13.9 Å². The van der Waals surface area contributed by atoms with Crippen LogP contribution in [-0.4, -0.2) is 30.1 Å². The Morgan fingerprint density at radius 2 is 2.03 bits per heavy atom.